The van der Waals surface area contributed by atoms with Crippen molar-refractivity contribution >= 4 is 5.97 Å². The Morgan fingerprint density at radius 1 is 1.09 bits per heavy atom. The number of nitrogens with two attached hydrogens (primary N) is 1. The fraction of sp³-hybridized carbons (Fsp3) is 0.947. The number of piperidine rings is 1. The Kier molecular flexibility index (Phi) is 6.73. The van der Waals surface area contributed by atoms with Gasteiger partial charge in [-0.2, -0.15) is 0 Å². The van der Waals surface area contributed by atoms with Gasteiger partial charge in [0.2, 0.25) is 0 Å². The highest BCUT2D eigenvalue weighted by molar-refractivity contribution is 5.73. The summed E-state index contributed by atoms with van der Waals surface area (Å²) in [6.45, 7) is 8.85. The van der Waals surface area contributed by atoms with E-state index >= 15 is 0 Å². The highest BCUT2D eigenvalue weighted by atomic mass is 16.6. The van der Waals surface area contributed by atoms with Crippen LogP contribution in [0.5, 0.6) is 0 Å². The van der Waals surface area contributed by atoms with Gasteiger partial charge in [0.15, 0.2) is 0 Å². The SMILES string of the molecule is CCCCC1CCC(C(=O)OC(C)(C)C2CC[NH2+]CC2)CC1. The minimum Gasteiger partial charge on any atom is -0.459 e. The van der Waals surface area contributed by atoms with Crippen molar-refractivity contribution in [3.8, 4) is 0 Å². The third kappa shape index (κ3) is 4.97. The first-order valence-electron chi connectivity index (χ1n) is 9.57. The molecule has 3 nitrogen and oxygen atoms in total. The van der Waals surface area contributed by atoms with E-state index in [9.17, 15) is 4.79 Å². The van der Waals surface area contributed by atoms with Gasteiger partial charge in [-0.1, -0.05) is 26.2 Å². The average molecular weight is 311 g/mol. The molecule has 1 saturated heterocycles. The summed E-state index contributed by atoms with van der Waals surface area (Å²) in [6, 6.07) is 0. The maximum absolute atomic E-state index is 12.5. The van der Waals surface area contributed by atoms with Gasteiger partial charge in [0.1, 0.15) is 5.60 Å². The summed E-state index contributed by atoms with van der Waals surface area (Å²) in [5, 5.41) is 2.37. The number of hydrogen-bond acceptors (Lipinski definition) is 2. The topological polar surface area (TPSA) is 42.9 Å². The van der Waals surface area contributed by atoms with Gasteiger partial charge in [0.05, 0.1) is 19.0 Å². The molecule has 0 aromatic carbocycles. The molecule has 0 atom stereocenters. The van der Waals surface area contributed by atoms with E-state index in [1.165, 1.54) is 58.0 Å². The molecule has 0 bridgehead atoms. The number of carbonyl (C=O) groups is 1. The van der Waals surface area contributed by atoms with E-state index in [4.69, 9.17) is 4.74 Å². The first-order valence-corrected chi connectivity index (χ1v) is 9.57. The lowest BCUT2D eigenvalue weighted by Gasteiger charge is -2.37. The predicted molar refractivity (Wildman–Crippen MR) is 89.5 cm³/mol. The minimum atomic E-state index is -0.287. The monoisotopic (exact) mass is 310 g/mol. The second-order valence-corrected chi connectivity index (χ2v) is 8.02. The lowest BCUT2D eigenvalue weighted by atomic mass is 9.79. The molecule has 0 aromatic heterocycles. The van der Waals surface area contributed by atoms with Gasteiger partial charge in [-0.3, -0.25) is 4.79 Å². The van der Waals surface area contributed by atoms with Crippen molar-refractivity contribution in [2.45, 2.75) is 84.2 Å². The Morgan fingerprint density at radius 3 is 2.32 bits per heavy atom. The minimum absolute atomic E-state index is 0.0773. The molecule has 0 unspecified atom stereocenters. The fourth-order valence-electron chi connectivity index (χ4n) is 4.23. The molecule has 3 heteroatoms. The van der Waals surface area contributed by atoms with Crippen LogP contribution in [0.4, 0.5) is 0 Å². The Morgan fingerprint density at radius 2 is 1.73 bits per heavy atom. The van der Waals surface area contributed by atoms with Gasteiger partial charge in [-0.05, 0) is 45.4 Å². The molecule has 1 heterocycles. The smallest absolute Gasteiger partial charge is 0.309 e. The third-order valence-electron chi connectivity index (χ3n) is 5.93. The normalized spacial score (nSPS) is 27.6. The highest BCUT2D eigenvalue weighted by Gasteiger charge is 2.37. The maximum Gasteiger partial charge on any atom is 0.309 e. The molecule has 22 heavy (non-hydrogen) atoms. The van der Waals surface area contributed by atoms with Crippen LogP contribution in [0, 0.1) is 17.8 Å². The first kappa shape index (κ1) is 17.8. The summed E-state index contributed by atoms with van der Waals surface area (Å²) in [6.07, 6.45) is 10.8. The summed E-state index contributed by atoms with van der Waals surface area (Å²) < 4.78 is 5.98. The number of hydrogen-bond donors (Lipinski definition) is 1. The molecule has 0 amide bonds. The van der Waals surface area contributed by atoms with Crippen LogP contribution in [0.25, 0.3) is 0 Å². The van der Waals surface area contributed by atoms with Gasteiger partial charge in [0, 0.05) is 18.8 Å². The fourth-order valence-corrected chi connectivity index (χ4v) is 4.23. The van der Waals surface area contributed by atoms with E-state index < -0.39 is 0 Å². The van der Waals surface area contributed by atoms with Crippen molar-refractivity contribution in [3.05, 3.63) is 0 Å². The Bertz CT molecular complexity index is 339. The lowest BCUT2D eigenvalue weighted by Crippen LogP contribution is -2.86. The average Bonchev–Trinajstić information content (AvgIpc) is 2.54. The van der Waals surface area contributed by atoms with Crippen molar-refractivity contribution in [2.75, 3.05) is 13.1 Å². The second kappa shape index (κ2) is 8.33. The molecule has 0 radical (unpaired) electrons. The first-order chi connectivity index (χ1) is 10.5. The number of ether oxygens (including phenoxy) is 1. The van der Waals surface area contributed by atoms with Gasteiger partial charge in [-0.15, -0.1) is 0 Å². The molecule has 1 aliphatic heterocycles. The zero-order valence-electron chi connectivity index (χ0n) is 14.9. The summed E-state index contributed by atoms with van der Waals surface area (Å²) in [4.78, 5) is 12.5. The van der Waals surface area contributed by atoms with Crippen molar-refractivity contribution < 1.29 is 14.8 Å². The van der Waals surface area contributed by atoms with Crippen LogP contribution in [0.15, 0.2) is 0 Å². The Balaban J connectivity index is 1.77. The van der Waals surface area contributed by atoms with Crippen LogP contribution >= 0.6 is 0 Å². The van der Waals surface area contributed by atoms with E-state index in [-0.39, 0.29) is 17.5 Å². The van der Waals surface area contributed by atoms with E-state index in [1.54, 1.807) is 0 Å². The molecule has 2 aliphatic rings. The van der Waals surface area contributed by atoms with E-state index in [2.05, 4.69) is 26.1 Å². The van der Waals surface area contributed by atoms with Crippen molar-refractivity contribution in [2.24, 2.45) is 17.8 Å². The number of unbranched alkanes of at least 4 members (excludes halogenated alkanes) is 1. The Hall–Kier alpha value is -0.570. The van der Waals surface area contributed by atoms with Crippen LogP contribution < -0.4 is 5.32 Å². The zero-order chi connectivity index (χ0) is 16.0. The van der Waals surface area contributed by atoms with Crippen molar-refractivity contribution in [1.82, 2.24) is 0 Å². The summed E-state index contributed by atoms with van der Waals surface area (Å²) in [7, 11) is 0. The molecule has 0 aromatic rings. The largest absolute Gasteiger partial charge is 0.459 e. The van der Waals surface area contributed by atoms with Crippen LogP contribution in [-0.4, -0.2) is 24.7 Å². The number of esters is 1. The Labute approximate surface area is 136 Å². The number of carbonyl (C=O) groups excluding carboxylic acids is 1. The molecule has 2 fully saturated rings. The quantitative estimate of drug-likeness (QED) is 0.765. The maximum atomic E-state index is 12.5. The van der Waals surface area contributed by atoms with Crippen LogP contribution in [0.2, 0.25) is 0 Å². The lowest BCUT2D eigenvalue weighted by molar-refractivity contribution is -0.665. The van der Waals surface area contributed by atoms with Crippen molar-refractivity contribution in [3.63, 3.8) is 0 Å². The predicted octanol–water partition coefficient (Wildman–Crippen LogP) is 3.28. The number of quaternary nitrogens is 1. The summed E-state index contributed by atoms with van der Waals surface area (Å²) >= 11 is 0. The van der Waals surface area contributed by atoms with E-state index in [1.807, 2.05) is 0 Å². The summed E-state index contributed by atoms with van der Waals surface area (Å²) in [5.41, 5.74) is -0.287. The van der Waals surface area contributed by atoms with Crippen LogP contribution in [0.1, 0.15) is 78.6 Å². The molecular weight excluding hydrogens is 274 g/mol. The van der Waals surface area contributed by atoms with Gasteiger partial charge >= 0.3 is 5.97 Å². The molecule has 128 valence electrons. The van der Waals surface area contributed by atoms with E-state index in [0.717, 1.165) is 18.8 Å². The molecule has 2 rings (SSSR count). The van der Waals surface area contributed by atoms with Crippen LogP contribution in [0.3, 0.4) is 0 Å². The number of rotatable bonds is 6. The third-order valence-corrected chi connectivity index (χ3v) is 5.93. The standard InChI is InChI=1S/C19H35NO2/c1-4-5-6-15-7-9-16(10-8-15)18(21)22-19(2,3)17-11-13-20-14-12-17/h15-17,20H,4-14H2,1-3H3/p+1. The van der Waals surface area contributed by atoms with Gasteiger partial charge in [0.25, 0.3) is 0 Å². The molecule has 1 saturated carbocycles. The van der Waals surface area contributed by atoms with Crippen LogP contribution in [-0.2, 0) is 9.53 Å². The molecule has 1 aliphatic carbocycles. The second-order valence-electron chi connectivity index (χ2n) is 8.02. The molecular formula is C19H36NO2+. The molecule has 2 N–H and O–H groups in total. The molecule has 0 spiro atoms. The van der Waals surface area contributed by atoms with E-state index in [0.29, 0.717) is 5.92 Å². The zero-order valence-corrected chi connectivity index (χ0v) is 14.9. The van der Waals surface area contributed by atoms with Crippen molar-refractivity contribution in [1.29, 1.82) is 0 Å². The van der Waals surface area contributed by atoms with Gasteiger partial charge < -0.3 is 10.1 Å². The highest BCUT2D eigenvalue weighted by Crippen LogP contribution is 2.35. The summed E-state index contributed by atoms with van der Waals surface area (Å²) in [5.74, 6) is 1.62. The van der Waals surface area contributed by atoms with Gasteiger partial charge in [-0.25, -0.2) is 0 Å².